The van der Waals surface area contributed by atoms with Crippen LogP contribution in [0.1, 0.15) is 13.8 Å². The molecule has 0 heterocycles. The Bertz CT molecular complexity index is 190. The van der Waals surface area contributed by atoms with E-state index in [1.54, 1.807) is 0 Å². The van der Waals surface area contributed by atoms with Gasteiger partial charge < -0.3 is 5.73 Å². The van der Waals surface area contributed by atoms with Crippen molar-refractivity contribution < 1.29 is 19.5 Å². The van der Waals surface area contributed by atoms with Crippen LogP contribution < -0.4 is 5.73 Å². The van der Waals surface area contributed by atoms with Crippen molar-refractivity contribution in [1.29, 1.82) is 0 Å². The summed E-state index contributed by atoms with van der Waals surface area (Å²) >= 11 is 0. The van der Waals surface area contributed by atoms with E-state index in [1.807, 2.05) is 0 Å². The first kappa shape index (κ1) is 10.6. The van der Waals surface area contributed by atoms with Crippen LogP contribution in [-0.4, -0.2) is 23.2 Å². The van der Waals surface area contributed by atoms with E-state index >= 15 is 0 Å². The van der Waals surface area contributed by atoms with Gasteiger partial charge in [-0.25, -0.2) is 4.79 Å². The summed E-state index contributed by atoms with van der Waals surface area (Å²) in [5, 5.41) is 10.0. The Morgan fingerprint density at radius 3 is 2.50 bits per heavy atom. The van der Waals surface area contributed by atoms with Gasteiger partial charge in [0.15, 0.2) is 5.60 Å². The highest BCUT2D eigenvalue weighted by molar-refractivity contribution is 5.63. The summed E-state index contributed by atoms with van der Waals surface area (Å²) in [4.78, 5) is 27.8. The molecule has 7 nitrogen and oxygen atoms in total. The van der Waals surface area contributed by atoms with E-state index in [0.29, 0.717) is 0 Å². The fourth-order valence-corrected chi connectivity index (χ4v) is 0.491. The average molecular weight is 178 g/mol. The zero-order valence-electron chi connectivity index (χ0n) is 6.77. The first-order chi connectivity index (χ1) is 5.33. The first-order valence-corrected chi connectivity index (χ1v) is 3.10. The summed E-state index contributed by atoms with van der Waals surface area (Å²) in [5.74, 6) is 0. The summed E-state index contributed by atoms with van der Waals surface area (Å²) in [7, 11) is 0. The molecule has 0 bridgehead atoms. The minimum Gasteiger partial charge on any atom is -0.333 e. The van der Waals surface area contributed by atoms with Crippen LogP contribution in [0.15, 0.2) is 0 Å². The molecule has 0 saturated heterocycles. The van der Waals surface area contributed by atoms with Gasteiger partial charge in [0.2, 0.25) is 6.54 Å². The highest BCUT2D eigenvalue weighted by atomic mass is 17.2. The molecule has 7 heteroatoms. The molecule has 0 spiro atoms. The maximum Gasteiger partial charge on any atom is 0.436 e. The zero-order chi connectivity index (χ0) is 9.78. The van der Waals surface area contributed by atoms with Crippen molar-refractivity contribution in [1.82, 2.24) is 0 Å². The number of nitro groups is 1. The normalized spacial score (nSPS) is 10.8. The highest BCUT2D eigenvalue weighted by Gasteiger charge is 2.28. The summed E-state index contributed by atoms with van der Waals surface area (Å²) in [5.41, 5.74) is 3.41. The Kier molecular flexibility index (Phi) is 3.42. The van der Waals surface area contributed by atoms with Crippen LogP contribution in [0.25, 0.3) is 0 Å². The van der Waals surface area contributed by atoms with Crippen molar-refractivity contribution in [2.45, 2.75) is 19.4 Å². The van der Waals surface area contributed by atoms with Crippen LogP contribution >= 0.6 is 0 Å². The molecular weight excluding hydrogens is 168 g/mol. The van der Waals surface area contributed by atoms with Crippen molar-refractivity contribution >= 4 is 6.09 Å². The Labute approximate surface area is 68.5 Å². The lowest BCUT2D eigenvalue weighted by atomic mass is 10.1. The van der Waals surface area contributed by atoms with E-state index in [0.717, 1.165) is 0 Å². The minimum atomic E-state index is -1.17. The first-order valence-electron chi connectivity index (χ1n) is 3.10. The number of hydrogen-bond donors (Lipinski definition) is 1. The van der Waals surface area contributed by atoms with Gasteiger partial charge in [-0.1, -0.05) is 0 Å². The van der Waals surface area contributed by atoms with Crippen molar-refractivity contribution in [3.8, 4) is 0 Å². The van der Waals surface area contributed by atoms with Crippen molar-refractivity contribution in [2.75, 3.05) is 6.54 Å². The third-order valence-corrected chi connectivity index (χ3v) is 0.859. The van der Waals surface area contributed by atoms with Crippen molar-refractivity contribution in [3.63, 3.8) is 0 Å². The van der Waals surface area contributed by atoms with Crippen molar-refractivity contribution in [3.05, 3.63) is 10.1 Å². The smallest absolute Gasteiger partial charge is 0.333 e. The molecule has 70 valence electrons. The van der Waals surface area contributed by atoms with Gasteiger partial charge in [-0.2, -0.15) is 4.89 Å². The fourth-order valence-electron chi connectivity index (χ4n) is 0.491. The quantitative estimate of drug-likeness (QED) is 0.372. The molecule has 0 fully saturated rings. The Morgan fingerprint density at radius 1 is 1.67 bits per heavy atom. The van der Waals surface area contributed by atoms with Crippen molar-refractivity contribution in [2.24, 2.45) is 5.73 Å². The van der Waals surface area contributed by atoms with Crippen LogP contribution in [0.4, 0.5) is 4.79 Å². The molecule has 0 aromatic carbocycles. The maximum atomic E-state index is 10.0. The molecule has 0 aliphatic carbocycles. The van der Waals surface area contributed by atoms with Gasteiger partial charge in [0.25, 0.3) is 0 Å². The second kappa shape index (κ2) is 3.86. The number of carbonyl (C=O) groups excluding carboxylic acids is 1. The maximum absolute atomic E-state index is 10.0. The number of rotatable bonds is 4. The monoisotopic (exact) mass is 178 g/mol. The molecular formula is C5H10N2O5. The Balaban J connectivity index is 3.86. The average Bonchev–Trinajstić information content (AvgIpc) is 1.81. The van der Waals surface area contributed by atoms with Gasteiger partial charge in [0.1, 0.15) is 0 Å². The summed E-state index contributed by atoms with van der Waals surface area (Å²) in [6, 6.07) is 0. The van der Waals surface area contributed by atoms with Gasteiger partial charge in [-0.05, 0) is 13.8 Å². The number of primary amides is 1. The molecule has 12 heavy (non-hydrogen) atoms. The second-order valence-electron chi connectivity index (χ2n) is 2.74. The summed E-state index contributed by atoms with van der Waals surface area (Å²) < 4.78 is 0. The summed E-state index contributed by atoms with van der Waals surface area (Å²) in [6.45, 7) is 2.33. The predicted octanol–water partition coefficient (Wildman–Crippen LogP) is 0.0686. The van der Waals surface area contributed by atoms with E-state index in [9.17, 15) is 14.9 Å². The topological polar surface area (TPSA) is 105 Å². The van der Waals surface area contributed by atoms with Crippen LogP contribution in [0.2, 0.25) is 0 Å². The number of carbonyl (C=O) groups is 1. The largest absolute Gasteiger partial charge is 0.436 e. The fraction of sp³-hybridized carbons (Fsp3) is 0.800. The molecule has 0 aromatic rings. The molecule has 0 aliphatic rings. The van der Waals surface area contributed by atoms with E-state index in [2.05, 4.69) is 15.5 Å². The third-order valence-electron chi connectivity index (χ3n) is 0.859. The number of nitrogens with zero attached hydrogens (tertiary/aromatic N) is 1. The van der Waals surface area contributed by atoms with Gasteiger partial charge >= 0.3 is 6.09 Å². The molecule has 1 amide bonds. The lowest BCUT2D eigenvalue weighted by molar-refractivity contribution is -0.514. The number of hydrogen-bond acceptors (Lipinski definition) is 5. The van der Waals surface area contributed by atoms with E-state index in [-0.39, 0.29) is 0 Å². The van der Waals surface area contributed by atoms with Gasteiger partial charge in [0.05, 0.1) is 0 Å². The van der Waals surface area contributed by atoms with Crippen LogP contribution in [0, 0.1) is 10.1 Å². The molecule has 0 aliphatic heterocycles. The van der Waals surface area contributed by atoms with Crippen LogP contribution in [0.3, 0.4) is 0 Å². The summed E-state index contributed by atoms with van der Waals surface area (Å²) in [6.07, 6.45) is -1.13. The van der Waals surface area contributed by atoms with Crippen LogP contribution in [-0.2, 0) is 9.78 Å². The molecule has 0 aromatic heterocycles. The van der Waals surface area contributed by atoms with E-state index in [4.69, 9.17) is 0 Å². The van der Waals surface area contributed by atoms with Gasteiger partial charge in [0, 0.05) is 4.92 Å². The minimum absolute atomic E-state index is 0.472. The second-order valence-corrected chi connectivity index (χ2v) is 2.74. The molecule has 0 rings (SSSR count). The van der Waals surface area contributed by atoms with Gasteiger partial charge in [-0.15, -0.1) is 0 Å². The molecule has 0 radical (unpaired) electrons. The van der Waals surface area contributed by atoms with Crippen LogP contribution in [0.5, 0.6) is 0 Å². The predicted molar refractivity (Wildman–Crippen MR) is 37.7 cm³/mol. The lowest BCUT2D eigenvalue weighted by Gasteiger charge is -2.16. The SMILES string of the molecule is CC(C)(C[N+](=O)[O-])OOC(N)=O. The number of amides is 1. The van der Waals surface area contributed by atoms with Gasteiger partial charge in [-0.3, -0.25) is 15.0 Å². The molecule has 0 saturated carbocycles. The van der Waals surface area contributed by atoms with E-state index < -0.39 is 23.2 Å². The Morgan fingerprint density at radius 2 is 2.17 bits per heavy atom. The Hall–Kier alpha value is -1.37. The zero-order valence-corrected chi connectivity index (χ0v) is 6.77. The number of nitrogens with two attached hydrogens (primary N) is 1. The molecule has 0 atom stereocenters. The molecule has 0 unspecified atom stereocenters. The highest BCUT2D eigenvalue weighted by Crippen LogP contribution is 2.09. The van der Waals surface area contributed by atoms with E-state index in [1.165, 1.54) is 13.8 Å². The lowest BCUT2D eigenvalue weighted by Crippen LogP contribution is -2.35. The molecule has 2 N–H and O–H groups in total. The third kappa shape index (κ3) is 5.42. The standard InChI is InChI=1S/C5H10N2O5/c1-5(2,3-7(9)10)12-11-4(6)8/h3H2,1-2H3,(H2,6,8).